The fourth-order valence-electron chi connectivity index (χ4n) is 10.3. The second-order valence-corrected chi connectivity index (χ2v) is 19.5. The molecule has 1 N–H and O–H groups in total. The van der Waals surface area contributed by atoms with Crippen molar-refractivity contribution >= 4 is 64.6 Å². The number of allylic oxidation sites excluding steroid dienone is 3. The number of hydrogen-bond donors (Lipinski definition) is 1. The number of Topliss-reactive ketones (excluding diaryl/α,β-unsaturated/α-hetero) is 1. The molecule has 5 heterocycles. The van der Waals surface area contributed by atoms with Gasteiger partial charge in [-0.2, -0.15) is 11.4 Å². The summed E-state index contributed by atoms with van der Waals surface area (Å²) < 4.78 is 11.1. The Hall–Kier alpha value is -4.06. The smallest absolute Gasteiger partial charge is 0.664 e. The van der Waals surface area contributed by atoms with Gasteiger partial charge in [0.1, 0.15) is 12.5 Å². The molecule has 11 heteroatoms. The van der Waals surface area contributed by atoms with E-state index in [2.05, 4.69) is 68.4 Å². The van der Waals surface area contributed by atoms with E-state index < -0.39 is 11.9 Å². The van der Waals surface area contributed by atoms with Crippen LogP contribution in [-0.4, -0.2) is 66.2 Å². The number of aromatic nitrogens is 3. The summed E-state index contributed by atoms with van der Waals surface area (Å²) in [6.45, 7) is 21.9. The van der Waals surface area contributed by atoms with Gasteiger partial charge in [-0.3, -0.25) is 14.4 Å². The van der Waals surface area contributed by atoms with Crippen LogP contribution in [0.2, 0.25) is 0 Å². The molecule has 0 amide bonds. The quantitative estimate of drug-likeness (QED) is 0.0478. The van der Waals surface area contributed by atoms with E-state index in [1.165, 1.54) is 51.2 Å². The Morgan fingerprint density at radius 1 is 0.788 bits per heavy atom. The van der Waals surface area contributed by atoms with E-state index in [1.54, 1.807) is 0 Å². The van der Waals surface area contributed by atoms with E-state index in [1.807, 2.05) is 25.2 Å². The molecule has 1 saturated heterocycles. The number of carbonyl (C=O) groups is 3. The first-order valence-corrected chi connectivity index (χ1v) is 24.5. The van der Waals surface area contributed by atoms with Gasteiger partial charge in [-0.05, 0) is 102 Å². The third-order valence-electron chi connectivity index (χ3n) is 14.7. The Balaban J connectivity index is 0.00000817. The van der Waals surface area contributed by atoms with Gasteiger partial charge in [-0.15, -0.1) is 33.5 Å². The molecule has 3 aliphatic rings. The van der Waals surface area contributed by atoms with Crippen LogP contribution in [0.3, 0.4) is 0 Å². The second kappa shape index (κ2) is 23.8. The summed E-state index contributed by atoms with van der Waals surface area (Å²) >= 11 is 0. The number of carbonyl (C=O) groups excluding carboxylic acids is 3. The van der Waals surface area contributed by atoms with Crippen molar-refractivity contribution in [3.05, 3.63) is 95.2 Å². The number of esters is 2. The number of aliphatic hydroxyl groups is 1. The van der Waals surface area contributed by atoms with Gasteiger partial charge >= 0.3 is 35.0 Å². The minimum Gasteiger partial charge on any atom is -0.664 e. The molecular weight excluding hydrogens is 837 g/mol. The minimum atomic E-state index is -1.21. The molecule has 66 heavy (non-hydrogen) atoms. The van der Waals surface area contributed by atoms with Crippen LogP contribution in [0, 0.1) is 56.3 Å². The van der Waals surface area contributed by atoms with E-state index in [0.29, 0.717) is 52.0 Å². The molecule has 10 nitrogen and oxygen atoms in total. The number of rotatable bonds is 21. The summed E-state index contributed by atoms with van der Waals surface area (Å²) in [5, 5.41) is 16.2. The van der Waals surface area contributed by atoms with Gasteiger partial charge in [0.25, 0.3) is 0 Å². The van der Waals surface area contributed by atoms with Gasteiger partial charge in [0.2, 0.25) is 0 Å². The Labute approximate surface area is 410 Å². The number of ketones is 1. The maximum absolute atomic E-state index is 14.4. The molecule has 6 atom stereocenters. The third-order valence-corrected chi connectivity index (χ3v) is 14.7. The molecule has 2 aliphatic heterocycles. The topological polar surface area (TPSA) is 146 Å². The maximum atomic E-state index is 14.4. The zero-order valence-corrected chi connectivity index (χ0v) is 43.3. The third kappa shape index (κ3) is 11.8. The summed E-state index contributed by atoms with van der Waals surface area (Å²) in [7, 11) is 1.30. The molecule has 3 aromatic heterocycles. The largest absolute Gasteiger partial charge is 2.00 e. The zero-order chi connectivity index (χ0) is 47.1. The number of methoxy groups -OCH3 is 1. The average molecular weight is 912 g/mol. The molecule has 1 fully saturated rings. The molecule has 0 aromatic carbocycles. The monoisotopic (exact) mass is 911 g/mol. The van der Waals surface area contributed by atoms with Gasteiger partial charge in [0.15, 0.2) is 5.78 Å². The molecule has 1 aliphatic carbocycles. The van der Waals surface area contributed by atoms with Gasteiger partial charge in [0, 0.05) is 18.6 Å². The van der Waals surface area contributed by atoms with Gasteiger partial charge in [-0.1, -0.05) is 137 Å². The predicted octanol–water partition coefficient (Wildman–Crippen LogP) is 9.26. The minimum absolute atomic E-state index is 0. The predicted molar refractivity (Wildman–Crippen MR) is 265 cm³/mol. The summed E-state index contributed by atoms with van der Waals surface area (Å²) in [5.74, 6) is -1.16. The van der Waals surface area contributed by atoms with Crippen LogP contribution in [0.4, 0.5) is 0 Å². The van der Waals surface area contributed by atoms with Crippen LogP contribution in [0.15, 0.2) is 23.0 Å². The molecular formula is C55H74MgN4O6-2. The van der Waals surface area contributed by atoms with Crippen LogP contribution >= 0.6 is 0 Å². The molecule has 0 spiro atoms. The van der Waals surface area contributed by atoms with Crippen molar-refractivity contribution in [2.45, 2.75) is 153 Å². The Morgan fingerprint density at radius 2 is 1.41 bits per heavy atom. The van der Waals surface area contributed by atoms with Gasteiger partial charge in [-0.25, -0.2) is 0 Å². The van der Waals surface area contributed by atoms with Crippen molar-refractivity contribution < 1.29 is 29.0 Å². The fraction of sp³-hybridized carbons (Fsp3) is 0.582. The first-order valence-electron chi connectivity index (χ1n) is 24.5. The molecule has 0 saturated carbocycles. The van der Waals surface area contributed by atoms with Crippen molar-refractivity contribution in [1.82, 2.24) is 15.0 Å². The van der Waals surface area contributed by atoms with E-state index in [9.17, 15) is 19.5 Å². The van der Waals surface area contributed by atoms with Crippen molar-refractivity contribution in [2.24, 2.45) is 35.5 Å². The first-order chi connectivity index (χ1) is 31.1. The number of ether oxygens (including phenoxy) is 2. The summed E-state index contributed by atoms with van der Waals surface area (Å²) in [5.41, 5.74) is 11.3. The molecule has 0 radical (unpaired) electrons. The molecule has 354 valence electrons. The van der Waals surface area contributed by atoms with Crippen molar-refractivity contribution in [2.75, 3.05) is 20.3 Å². The van der Waals surface area contributed by atoms with Crippen LogP contribution in [0.1, 0.15) is 180 Å². The van der Waals surface area contributed by atoms with Crippen molar-refractivity contribution in [1.29, 1.82) is 0 Å². The molecule has 8 bridgehead atoms. The standard InChI is InChI=1S/C55H75N4O6.Mg/c1-12-39-35(7)42-27-44-37(9)41(23-24-48(61)65-26-25-33(5)21-15-19-31(3)17-14-18-32(4)20-16-22-34(6)30-60)52(58-44)50-51(55(63)64-11)54(62)49-38(10)45(59-53(49)50)29-47-40(13-2)36(8)43(57-47)28-46(39)56-42;/h25,27-29,31-32,34,37,41,51,60H,12-24,26,30H2,1-11H3,(H-,58,59,62);/q-3;+2/p-1/b33-25+,43-28-,44-27-,47-29-;/t31-,32+,34-,37+,41+,51-;/m1./s1. The van der Waals surface area contributed by atoms with Crippen LogP contribution in [0.25, 0.3) is 29.1 Å². The number of nitrogens with zero attached hydrogens (tertiary/aromatic N) is 4. The number of hydrogen-bond acceptors (Lipinski definition) is 6. The summed E-state index contributed by atoms with van der Waals surface area (Å²) in [4.78, 5) is 56.7. The summed E-state index contributed by atoms with van der Waals surface area (Å²) in [6, 6.07) is 0. The molecule has 3 aromatic rings. The fourth-order valence-corrected chi connectivity index (χ4v) is 10.3. The zero-order valence-electron chi connectivity index (χ0n) is 41.9. The molecule has 0 unspecified atom stereocenters. The van der Waals surface area contributed by atoms with Crippen LogP contribution in [0.5, 0.6) is 0 Å². The Morgan fingerprint density at radius 3 is 2.05 bits per heavy atom. The molecule has 6 rings (SSSR count). The van der Waals surface area contributed by atoms with E-state index in [-0.39, 0.29) is 66.3 Å². The Bertz CT molecular complexity index is 2440. The van der Waals surface area contributed by atoms with Crippen molar-refractivity contribution in [3.8, 4) is 0 Å². The summed E-state index contributed by atoms with van der Waals surface area (Å²) in [6.07, 6.45) is 20.8. The normalized spacial score (nSPS) is 22.0. The second-order valence-electron chi connectivity index (χ2n) is 19.5. The number of aliphatic hydroxyl groups excluding tert-OH is 1. The van der Waals surface area contributed by atoms with E-state index in [4.69, 9.17) is 29.7 Å². The Kier molecular flexibility index (Phi) is 19.1. The van der Waals surface area contributed by atoms with Crippen molar-refractivity contribution in [3.63, 3.8) is 0 Å². The van der Waals surface area contributed by atoms with Crippen LogP contribution < -0.4 is 25.7 Å². The average Bonchev–Trinajstić information content (AvgIpc) is 4.02. The van der Waals surface area contributed by atoms with Gasteiger partial charge in [0.05, 0.1) is 7.11 Å². The van der Waals surface area contributed by atoms with Crippen LogP contribution in [-0.2, 0) is 31.9 Å². The van der Waals surface area contributed by atoms with E-state index >= 15 is 0 Å². The van der Waals surface area contributed by atoms with Gasteiger partial charge < -0.3 is 34.8 Å². The first kappa shape index (κ1) is 52.9. The maximum Gasteiger partial charge on any atom is 2.00 e. The SMILES string of the molecule is CCc1c2[n-]c(c1C)/C=C1\[N-]/C(=C3\c4[n-]c(c(C)c4C(=O)[C@@H]3C(=O)OC)/C=c3\[n-]/c(c(C)c3CC)=C\2)[C@@H](CCC(=O)OC/C=C(\C)CCC[C@H](C)CCC[C@H](C)CCC[C@@H](C)CO)[C@@H]1C.[Mg+2]. The number of fused-ring (bicyclic) bond motifs is 7. The van der Waals surface area contributed by atoms with E-state index in [0.717, 1.165) is 88.1 Å².